The second kappa shape index (κ2) is 4.50. The van der Waals surface area contributed by atoms with E-state index in [0.29, 0.717) is 11.3 Å². The van der Waals surface area contributed by atoms with E-state index in [4.69, 9.17) is 9.84 Å². The second-order valence-corrected chi connectivity index (χ2v) is 3.08. The van der Waals surface area contributed by atoms with Gasteiger partial charge in [0.2, 0.25) is 0 Å². The van der Waals surface area contributed by atoms with Crippen molar-refractivity contribution in [1.29, 1.82) is 0 Å². The molecule has 0 aliphatic carbocycles. The van der Waals surface area contributed by atoms with Crippen molar-refractivity contribution in [1.82, 2.24) is 0 Å². The van der Waals surface area contributed by atoms with Gasteiger partial charge >= 0.3 is 5.97 Å². The summed E-state index contributed by atoms with van der Waals surface area (Å²) >= 11 is 0. The van der Waals surface area contributed by atoms with Gasteiger partial charge < -0.3 is 14.9 Å². The molecule has 0 unspecified atom stereocenters. The standard InChI is InChI=1S/C11H12O4/c1-7(11(13)14)5-8-3-4-9(15-2)6-10(8)12/h3-4,6,12H,1,5H2,2H3,(H,13,14). The summed E-state index contributed by atoms with van der Waals surface area (Å²) in [4.78, 5) is 10.5. The number of hydrogen-bond acceptors (Lipinski definition) is 3. The maximum atomic E-state index is 10.5. The maximum absolute atomic E-state index is 10.5. The van der Waals surface area contributed by atoms with Gasteiger partial charge in [0.1, 0.15) is 11.5 Å². The Labute approximate surface area is 87.4 Å². The van der Waals surface area contributed by atoms with Crippen LogP contribution in [0.3, 0.4) is 0 Å². The monoisotopic (exact) mass is 208 g/mol. The van der Waals surface area contributed by atoms with Crippen LogP contribution in [-0.4, -0.2) is 23.3 Å². The van der Waals surface area contributed by atoms with Crippen LogP contribution >= 0.6 is 0 Å². The Balaban J connectivity index is 2.87. The van der Waals surface area contributed by atoms with Crippen molar-refractivity contribution in [2.75, 3.05) is 7.11 Å². The Morgan fingerprint density at radius 3 is 2.67 bits per heavy atom. The van der Waals surface area contributed by atoms with E-state index < -0.39 is 5.97 Å². The van der Waals surface area contributed by atoms with Gasteiger partial charge in [-0.3, -0.25) is 0 Å². The molecule has 0 atom stereocenters. The molecule has 0 aliphatic heterocycles. The molecule has 0 fully saturated rings. The fourth-order valence-corrected chi connectivity index (χ4v) is 1.13. The molecule has 80 valence electrons. The summed E-state index contributed by atoms with van der Waals surface area (Å²) in [5, 5.41) is 18.2. The zero-order chi connectivity index (χ0) is 11.4. The molecular weight excluding hydrogens is 196 g/mol. The van der Waals surface area contributed by atoms with Gasteiger partial charge in [-0.15, -0.1) is 0 Å². The molecule has 4 heteroatoms. The third-order valence-corrected chi connectivity index (χ3v) is 2.00. The van der Waals surface area contributed by atoms with Gasteiger partial charge in [0.05, 0.1) is 7.11 Å². The molecule has 15 heavy (non-hydrogen) atoms. The third-order valence-electron chi connectivity index (χ3n) is 2.00. The molecule has 0 amide bonds. The van der Waals surface area contributed by atoms with Gasteiger partial charge in [0, 0.05) is 18.1 Å². The Hall–Kier alpha value is -1.97. The first-order valence-corrected chi connectivity index (χ1v) is 4.31. The highest BCUT2D eigenvalue weighted by Crippen LogP contribution is 2.25. The Morgan fingerprint density at radius 1 is 1.53 bits per heavy atom. The number of ether oxygens (including phenoxy) is 1. The molecule has 0 bridgehead atoms. The van der Waals surface area contributed by atoms with E-state index in [1.807, 2.05) is 0 Å². The number of phenols is 1. The fourth-order valence-electron chi connectivity index (χ4n) is 1.13. The van der Waals surface area contributed by atoms with Crippen molar-refractivity contribution in [3.63, 3.8) is 0 Å². The van der Waals surface area contributed by atoms with Crippen molar-refractivity contribution in [2.24, 2.45) is 0 Å². The minimum absolute atomic E-state index is 0.0109. The Bertz CT molecular complexity index is 396. The Kier molecular flexibility index (Phi) is 3.33. The fraction of sp³-hybridized carbons (Fsp3) is 0.182. The van der Waals surface area contributed by atoms with Gasteiger partial charge in [-0.05, 0) is 11.6 Å². The number of aliphatic carboxylic acids is 1. The van der Waals surface area contributed by atoms with E-state index in [2.05, 4.69) is 6.58 Å². The quantitative estimate of drug-likeness (QED) is 0.737. The number of methoxy groups -OCH3 is 1. The SMILES string of the molecule is C=C(Cc1ccc(OC)cc1O)C(=O)O. The minimum atomic E-state index is -1.06. The van der Waals surface area contributed by atoms with E-state index in [-0.39, 0.29) is 17.7 Å². The van der Waals surface area contributed by atoms with Gasteiger partial charge in [0.25, 0.3) is 0 Å². The Morgan fingerprint density at radius 2 is 2.20 bits per heavy atom. The average molecular weight is 208 g/mol. The summed E-state index contributed by atoms with van der Waals surface area (Å²) in [6.07, 6.45) is 0.116. The molecule has 2 N–H and O–H groups in total. The van der Waals surface area contributed by atoms with Crippen LogP contribution in [0.2, 0.25) is 0 Å². The molecule has 0 radical (unpaired) electrons. The number of rotatable bonds is 4. The van der Waals surface area contributed by atoms with Crippen LogP contribution in [0.4, 0.5) is 0 Å². The van der Waals surface area contributed by atoms with Crippen LogP contribution in [-0.2, 0) is 11.2 Å². The highest BCUT2D eigenvalue weighted by atomic mass is 16.5. The molecule has 1 rings (SSSR count). The summed E-state index contributed by atoms with van der Waals surface area (Å²) < 4.78 is 4.90. The van der Waals surface area contributed by atoms with Gasteiger partial charge in [-0.25, -0.2) is 4.79 Å². The predicted molar refractivity (Wildman–Crippen MR) is 55.1 cm³/mol. The van der Waals surface area contributed by atoms with Crippen LogP contribution in [0, 0.1) is 0 Å². The van der Waals surface area contributed by atoms with Gasteiger partial charge in [-0.2, -0.15) is 0 Å². The van der Waals surface area contributed by atoms with Gasteiger partial charge in [0.15, 0.2) is 0 Å². The highest BCUT2D eigenvalue weighted by molar-refractivity contribution is 5.86. The van der Waals surface area contributed by atoms with Crippen molar-refractivity contribution >= 4 is 5.97 Å². The molecule has 0 saturated heterocycles. The van der Waals surface area contributed by atoms with E-state index in [1.54, 1.807) is 12.1 Å². The summed E-state index contributed by atoms with van der Waals surface area (Å²) in [7, 11) is 1.49. The van der Waals surface area contributed by atoms with E-state index in [0.717, 1.165) is 0 Å². The number of phenolic OH excluding ortho intramolecular Hbond substituents is 1. The van der Waals surface area contributed by atoms with Crippen molar-refractivity contribution in [3.8, 4) is 11.5 Å². The molecule has 4 nitrogen and oxygen atoms in total. The van der Waals surface area contributed by atoms with Crippen molar-refractivity contribution < 1.29 is 19.7 Å². The maximum Gasteiger partial charge on any atom is 0.331 e. The summed E-state index contributed by atoms with van der Waals surface area (Å²) in [6.45, 7) is 3.39. The largest absolute Gasteiger partial charge is 0.508 e. The smallest absolute Gasteiger partial charge is 0.331 e. The number of hydrogen-bond donors (Lipinski definition) is 2. The van der Waals surface area contributed by atoms with Crippen LogP contribution in [0.25, 0.3) is 0 Å². The normalized spacial score (nSPS) is 9.67. The number of benzene rings is 1. The van der Waals surface area contributed by atoms with Crippen LogP contribution in [0.15, 0.2) is 30.4 Å². The van der Waals surface area contributed by atoms with Crippen LogP contribution in [0.1, 0.15) is 5.56 Å². The molecule has 0 spiro atoms. The zero-order valence-electron chi connectivity index (χ0n) is 8.36. The summed E-state index contributed by atoms with van der Waals surface area (Å²) in [5.74, 6) is -0.529. The molecule has 1 aromatic rings. The number of carboxylic acid groups (broad SMARTS) is 1. The van der Waals surface area contributed by atoms with Crippen LogP contribution in [0.5, 0.6) is 11.5 Å². The molecule has 0 heterocycles. The minimum Gasteiger partial charge on any atom is -0.508 e. The molecule has 0 saturated carbocycles. The van der Waals surface area contributed by atoms with E-state index >= 15 is 0 Å². The first kappa shape index (κ1) is 11.1. The lowest BCUT2D eigenvalue weighted by Gasteiger charge is -2.06. The first-order valence-electron chi connectivity index (χ1n) is 4.31. The van der Waals surface area contributed by atoms with Crippen molar-refractivity contribution in [2.45, 2.75) is 6.42 Å². The first-order chi connectivity index (χ1) is 7.04. The lowest BCUT2D eigenvalue weighted by molar-refractivity contribution is -0.132. The molecule has 0 aromatic heterocycles. The lowest BCUT2D eigenvalue weighted by atomic mass is 10.1. The molecule has 1 aromatic carbocycles. The molecule has 0 aliphatic rings. The molecular formula is C11H12O4. The predicted octanol–water partition coefficient (Wildman–Crippen LogP) is 1.58. The van der Waals surface area contributed by atoms with E-state index in [9.17, 15) is 9.90 Å². The summed E-state index contributed by atoms with van der Waals surface area (Å²) in [5.41, 5.74) is 0.554. The third kappa shape index (κ3) is 2.74. The number of carboxylic acids is 1. The topological polar surface area (TPSA) is 66.8 Å². The average Bonchev–Trinajstić information content (AvgIpc) is 2.20. The number of carbonyl (C=O) groups is 1. The number of aromatic hydroxyl groups is 1. The zero-order valence-corrected chi connectivity index (χ0v) is 8.36. The highest BCUT2D eigenvalue weighted by Gasteiger charge is 2.09. The van der Waals surface area contributed by atoms with Gasteiger partial charge in [-0.1, -0.05) is 12.6 Å². The van der Waals surface area contributed by atoms with Crippen molar-refractivity contribution in [3.05, 3.63) is 35.9 Å². The summed E-state index contributed by atoms with van der Waals surface area (Å²) in [6, 6.07) is 4.71. The van der Waals surface area contributed by atoms with Crippen LogP contribution < -0.4 is 4.74 Å². The second-order valence-electron chi connectivity index (χ2n) is 3.08. The lowest BCUT2D eigenvalue weighted by Crippen LogP contribution is -2.02. The van der Waals surface area contributed by atoms with E-state index in [1.165, 1.54) is 13.2 Å².